The lowest BCUT2D eigenvalue weighted by molar-refractivity contribution is 0.393. The molecule has 0 amide bonds. The van der Waals surface area contributed by atoms with Crippen molar-refractivity contribution < 1.29 is 14.0 Å². The Morgan fingerprint density at radius 2 is 2.07 bits per heavy atom. The van der Waals surface area contributed by atoms with E-state index >= 15 is 0 Å². The van der Waals surface area contributed by atoms with Gasteiger partial charge in [0.2, 0.25) is 0 Å². The molecule has 0 bridgehead atoms. The zero-order chi connectivity index (χ0) is 10.6. The first-order valence-corrected chi connectivity index (χ1v) is 5.72. The van der Waals surface area contributed by atoms with Crippen LogP contribution >= 0.6 is 19.2 Å². The summed E-state index contributed by atoms with van der Waals surface area (Å²) in [6.07, 6.45) is 0. The molecule has 0 spiro atoms. The number of benzene rings is 1. The first kappa shape index (κ1) is 11.2. The van der Waals surface area contributed by atoms with E-state index in [9.17, 15) is 9.46 Å². The van der Waals surface area contributed by atoms with Crippen LogP contribution in [0.1, 0.15) is 0 Å². The maximum absolute atomic E-state index is 11.6. The van der Waals surface area contributed by atoms with Gasteiger partial charge in [0.1, 0.15) is 0 Å². The Hall–Kier alpha value is -0.830. The quantitative estimate of drug-likeness (QED) is 0.481. The first-order chi connectivity index (χ1) is 6.56. The Morgan fingerprint density at radius 3 is 2.57 bits per heavy atom. The number of hydrogen-bond acceptors (Lipinski definition) is 3. The molecule has 1 aromatic carbocycles. The monoisotopic (exact) mass is 233 g/mol. The highest BCUT2D eigenvalue weighted by atomic mass is 35.5. The van der Waals surface area contributed by atoms with Crippen molar-refractivity contribution >= 4 is 29.9 Å². The molecule has 1 N–H and O–H groups in total. The summed E-state index contributed by atoms with van der Waals surface area (Å²) in [6.45, 7) is 0. The van der Waals surface area contributed by atoms with Gasteiger partial charge in [-0.15, -0.1) is 0 Å². The molecule has 1 atom stereocenters. The van der Waals surface area contributed by atoms with E-state index in [1.54, 1.807) is 18.2 Å². The summed E-state index contributed by atoms with van der Waals surface area (Å²) >= 11 is 5.40. The molecule has 1 rings (SSSR count). The van der Waals surface area contributed by atoms with E-state index in [0.717, 1.165) is 0 Å². The molecule has 1 unspecified atom stereocenters. The van der Waals surface area contributed by atoms with Gasteiger partial charge >= 0.3 is 7.60 Å². The van der Waals surface area contributed by atoms with Crippen molar-refractivity contribution in [2.24, 2.45) is 4.99 Å². The molecule has 4 nitrogen and oxygen atoms in total. The second-order valence-electron chi connectivity index (χ2n) is 2.42. The highest BCUT2D eigenvalue weighted by Crippen LogP contribution is 2.41. The number of aliphatic imine (C=N–C) groups is 1. The first-order valence-electron chi connectivity index (χ1n) is 3.76. The second kappa shape index (κ2) is 4.60. The van der Waals surface area contributed by atoms with Gasteiger partial charge in [0.05, 0.1) is 5.30 Å². The lowest BCUT2D eigenvalue weighted by Gasteiger charge is -2.10. The smallest absolute Gasteiger partial charge is 0.392 e. The van der Waals surface area contributed by atoms with E-state index in [-0.39, 0.29) is 10.7 Å². The lowest BCUT2D eigenvalue weighted by Crippen LogP contribution is -2.08. The molecule has 0 fully saturated rings. The third-order valence-corrected chi connectivity index (χ3v) is 3.18. The van der Waals surface area contributed by atoms with Crippen LogP contribution in [-0.4, -0.2) is 17.3 Å². The minimum atomic E-state index is -3.88. The molecule has 0 saturated heterocycles. The number of rotatable bonds is 2. The van der Waals surface area contributed by atoms with Gasteiger partial charge in [-0.05, 0) is 23.7 Å². The van der Waals surface area contributed by atoms with Gasteiger partial charge in [-0.25, -0.2) is 9.56 Å². The summed E-state index contributed by atoms with van der Waals surface area (Å²) in [4.78, 5) is 12.9. The molecule has 0 aromatic heterocycles. The molecule has 1 aromatic rings. The van der Waals surface area contributed by atoms with Gasteiger partial charge in [0.15, 0.2) is 0 Å². The van der Waals surface area contributed by atoms with Gasteiger partial charge in [-0.2, -0.15) is 0 Å². The molecule has 14 heavy (non-hydrogen) atoms. The molecule has 76 valence electrons. The molecule has 6 heteroatoms. The Balaban J connectivity index is 2.92. The van der Waals surface area contributed by atoms with E-state index in [1.165, 1.54) is 19.2 Å². The van der Waals surface area contributed by atoms with Crippen LogP contribution in [0, 0.1) is 0 Å². The van der Waals surface area contributed by atoms with Gasteiger partial charge < -0.3 is 9.42 Å². The van der Waals surface area contributed by atoms with Gasteiger partial charge in [-0.3, -0.25) is 0 Å². The SMILES string of the molecule is CN=C(Cl)OP(=O)(O)c1ccccc1. The number of halogens is 1. The second-order valence-corrected chi connectivity index (χ2v) is 4.49. The van der Waals surface area contributed by atoms with Crippen LogP contribution in [-0.2, 0) is 9.09 Å². The minimum Gasteiger partial charge on any atom is -0.392 e. The third-order valence-electron chi connectivity index (χ3n) is 1.46. The maximum Gasteiger partial charge on any atom is 0.410 e. The summed E-state index contributed by atoms with van der Waals surface area (Å²) in [5, 5.41) is -0.151. The maximum atomic E-state index is 11.6. The van der Waals surface area contributed by atoms with Gasteiger partial charge in [0, 0.05) is 7.05 Å². The Bertz CT molecular complexity index is 379. The van der Waals surface area contributed by atoms with E-state index in [1.807, 2.05) is 0 Å². The average Bonchev–Trinajstić information content (AvgIpc) is 2.18. The Labute approximate surface area is 86.7 Å². The van der Waals surface area contributed by atoms with Crippen LogP contribution in [0.15, 0.2) is 35.3 Å². The van der Waals surface area contributed by atoms with Crippen LogP contribution in [0.3, 0.4) is 0 Å². The lowest BCUT2D eigenvalue weighted by atomic mass is 10.4. The highest BCUT2D eigenvalue weighted by molar-refractivity contribution is 7.61. The molecule has 0 radical (unpaired) electrons. The van der Waals surface area contributed by atoms with Crippen LogP contribution < -0.4 is 5.30 Å². The summed E-state index contributed by atoms with van der Waals surface area (Å²) in [6, 6.07) is 7.98. The molecular weight excluding hydrogens is 225 g/mol. The van der Waals surface area contributed by atoms with Crippen molar-refractivity contribution in [1.82, 2.24) is 0 Å². The summed E-state index contributed by atoms with van der Waals surface area (Å²) < 4.78 is 16.2. The molecule has 0 saturated carbocycles. The van der Waals surface area contributed by atoms with Crippen molar-refractivity contribution in [1.29, 1.82) is 0 Å². The zero-order valence-electron chi connectivity index (χ0n) is 7.42. The summed E-state index contributed by atoms with van der Waals surface area (Å²) in [5.41, 5.74) is 0. The fourth-order valence-corrected chi connectivity index (χ4v) is 2.03. The van der Waals surface area contributed by atoms with Crippen LogP contribution in [0.2, 0.25) is 0 Å². The van der Waals surface area contributed by atoms with E-state index < -0.39 is 7.60 Å². The fraction of sp³-hybridized carbons (Fsp3) is 0.125. The van der Waals surface area contributed by atoms with E-state index in [0.29, 0.717) is 0 Å². The fourth-order valence-electron chi connectivity index (χ4n) is 0.812. The number of hydrogen-bond donors (Lipinski definition) is 1. The van der Waals surface area contributed by atoms with Crippen LogP contribution in [0.25, 0.3) is 0 Å². The van der Waals surface area contributed by atoms with Crippen molar-refractivity contribution in [2.75, 3.05) is 7.05 Å². The predicted molar refractivity (Wildman–Crippen MR) is 56.2 cm³/mol. The molecule has 0 heterocycles. The van der Waals surface area contributed by atoms with Crippen molar-refractivity contribution in [3.8, 4) is 0 Å². The third kappa shape index (κ3) is 2.84. The minimum absolute atomic E-state index is 0.182. The average molecular weight is 234 g/mol. The Kier molecular flexibility index (Phi) is 3.69. The molecular formula is C8H9ClNO3P. The van der Waals surface area contributed by atoms with Crippen LogP contribution in [0.5, 0.6) is 0 Å². The predicted octanol–water partition coefficient (Wildman–Crippen LogP) is 1.74. The van der Waals surface area contributed by atoms with Crippen LogP contribution in [0.4, 0.5) is 0 Å². The van der Waals surface area contributed by atoms with E-state index in [4.69, 9.17) is 11.6 Å². The Morgan fingerprint density at radius 1 is 1.50 bits per heavy atom. The largest absolute Gasteiger partial charge is 0.410 e. The molecule has 0 aliphatic carbocycles. The van der Waals surface area contributed by atoms with Crippen molar-refractivity contribution in [2.45, 2.75) is 0 Å². The van der Waals surface area contributed by atoms with Gasteiger partial charge in [-0.1, -0.05) is 18.2 Å². The normalized spacial score (nSPS) is 16.1. The molecule has 0 aliphatic heterocycles. The molecule has 0 aliphatic rings. The number of nitrogens with zero attached hydrogens (tertiary/aromatic N) is 1. The highest BCUT2D eigenvalue weighted by Gasteiger charge is 2.24. The van der Waals surface area contributed by atoms with Crippen molar-refractivity contribution in [3.63, 3.8) is 0 Å². The van der Waals surface area contributed by atoms with E-state index in [2.05, 4.69) is 9.52 Å². The zero-order valence-corrected chi connectivity index (χ0v) is 9.07. The standard InChI is InChI=1S/C8H9ClNO3P/c1-10-8(9)13-14(11,12)7-5-3-2-4-6-7/h2-6H,1H3,(H,11,12). The van der Waals surface area contributed by atoms with Crippen molar-refractivity contribution in [3.05, 3.63) is 30.3 Å². The topological polar surface area (TPSA) is 58.9 Å². The summed E-state index contributed by atoms with van der Waals surface area (Å²) in [5.74, 6) is 0. The van der Waals surface area contributed by atoms with Gasteiger partial charge in [0.25, 0.3) is 5.36 Å². The summed E-state index contributed by atoms with van der Waals surface area (Å²) in [7, 11) is -2.51.